The zero-order valence-electron chi connectivity index (χ0n) is 8.48. The Balaban J connectivity index is 2.10. The minimum absolute atomic E-state index is 0.750. The van der Waals surface area contributed by atoms with Crippen LogP contribution in [0.25, 0.3) is 11.0 Å². The molecule has 0 saturated carbocycles. The molecule has 84 valence electrons. The van der Waals surface area contributed by atoms with Crippen LogP contribution in [-0.4, -0.2) is 46.5 Å². The highest BCUT2D eigenvalue weighted by atomic mass is 127. The van der Waals surface area contributed by atoms with Gasteiger partial charge in [0.25, 0.3) is 0 Å². The lowest BCUT2D eigenvalue weighted by atomic mass is 10.3. The molecule has 3 heterocycles. The third kappa shape index (κ3) is 1.63. The zero-order chi connectivity index (χ0) is 11.0. The molecule has 0 amide bonds. The van der Waals surface area contributed by atoms with Gasteiger partial charge in [0.2, 0.25) is 0 Å². The second kappa shape index (κ2) is 4.13. The third-order valence-corrected chi connectivity index (χ3v) is 3.38. The van der Waals surface area contributed by atoms with Crippen LogP contribution in [-0.2, 0) is 4.74 Å². The highest BCUT2D eigenvalue weighted by Crippen LogP contribution is 2.26. The van der Waals surface area contributed by atoms with Gasteiger partial charge in [0, 0.05) is 13.1 Å². The lowest BCUT2D eigenvalue weighted by Gasteiger charge is -2.27. The maximum atomic E-state index is 5.33. The largest absolute Gasteiger partial charge is 0.378 e. The third-order valence-electron chi connectivity index (χ3n) is 2.60. The average molecular weight is 331 g/mol. The minimum atomic E-state index is 0.750. The second-order valence-corrected chi connectivity index (χ2v) is 4.56. The van der Waals surface area contributed by atoms with Crippen molar-refractivity contribution in [1.29, 1.82) is 0 Å². The molecule has 0 aliphatic carbocycles. The smallest absolute Gasteiger partial charge is 0.161 e. The van der Waals surface area contributed by atoms with Gasteiger partial charge in [-0.15, -0.1) is 0 Å². The van der Waals surface area contributed by atoms with Crippen LogP contribution >= 0.6 is 22.6 Å². The van der Waals surface area contributed by atoms with E-state index in [4.69, 9.17) is 4.74 Å². The van der Waals surface area contributed by atoms with Crippen molar-refractivity contribution in [2.45, 2.75) is 0 Å². The highest BCUT2D eigenvalue weighted by molar-refractivity contribution is 14.1. The van der Waals surface area contributed by atoms with E-state index in [1.54, 1.807) is 6.33 Å². The van der Waals surface area contributed by atoms with Crippen LogP contribution in [0.5, 0.6) is 0 Å². The molecule has 1 aliphatic heterocycles. The first-order valence-electron chi connectivity index (χ1n) is 5.03. The van der Waals surface area contributed by atoms with Crippen molar-refractivity contribution in [3.63, 3.8) is 0 Å². The van der Waals surface area contributed by atoms with Crippen molar-refractivity contribution in [2.24, 2.45) is 0 Å². The predicted octanol–water partition coefficient (Wildman–Crippen LogP) is 0.794. The SMILES string of the molecule is Ic1n[nH]c2ncnc(N3CCOCC3)c12. The number of anilines is 1. The van der Waals surface area contributed by atoms with Crippen molar-refractivity contribution >= 4 is 39.4 Å². The van der Waals surface area contributed by atoms with Gasteiger partial charge in [-0.3, -0.25) is 5.10 Å². The molecule has 0 radical (unpaired) electrons. The molecule has 16 heavy (non-hydrogen) atoms. The molecule has 0 atom stereocenters. The molecule has 3 rings (SSSR count). The van der Waals surface area contributed by atoms with Gasteiger partial charge in [-0.2, -0.15) is 5.10 Å². The second-order valence-electron chi connectivity index (χ2n) is 3.53. The van der Waals surface area contributed by atoms with E-state index < -0.39 is 0 Å². The number of nitrogens with one attached hydrogen (secondary N) is 1. The summed E-state index contributed by atoms with van der Waals surface area (Å²) in [5.74, 6) is 0.950. The summed E-state index contributed by atoms with van der Waals surface area (Å²) in [4.78, 5) is 10.7. The molecular formula is C9H10IN5O. The molecule has 0 bridgehead atoms. The number of morpholine rings is 1. The molecule has 1 aliphatic rings. The molecule has 0 unspecified atom stereocenters. The first-order valence-corrected chi connectivity index (χ1v) is 6.11. The maximum absolute atomic E-state index is 5.33. The van der Waals surface area contributed by atoms with Crippen LogP contribution in [0, 0.1) is 3.70 Å². The molecule has 7 heteroatoms. The summed E-state index contributed by atoms with van der Waals surface area (Å²) in [5.41, 5.74) is 0.792. The molecule has 0 aromatic carbocycles. The summed E-state index contributed by atoms with van der Waals surface area (Å²) >= 11 is 2.19. The Morgan fingerprint density at radius 3 is 2.94 bits per heavy atom. The number of ether oxygens (including phenoxy) is 1. The summed E-state index contributed by atoms with van der Waals surface area (Å²) in [7, 11) is 0. The van der Waals surface area contributed by atoms with Crippen LogP contribution in [0.1, 0.15) is 0 Å². The molecule has 2 aromatic rings. The van der Waals surface area contributed by atoms with Crippen LogP contribution < -0.4 is 4.90 Å². The Labute approximate surface area is 106 Å². The lowest BCUT2D eigenvalue weighted by molar-refractivity contribution is 0.122. The van der Waals surface area contributed by atoms with Gasteiger partial charge in [0.05, 0.1) is 18.6 Å². The van der Waals surface area contributed by atoms with Crippen molar-refractivity contribution < 1.29 is 4.74 Å². The summed E-state index contributed by atoms with van der Waals surface area (Å²) in [5, 5.41) is 8.06. The number of nitrogens with zero attached hydrogens (tertiary/aromatic N) is 4. The molecular weight excluding hydrogens is 321 g/mol. The minimum Gasteiger partial charge on any atom is -0.378 e. The van der Waals surface area contributed by atoms with E-state index >= 15 is 0 Å². The van der Waals surface area contributed by atoms with Crippen molar-refractivity contribution in [3.05, 3.63) is 10.0 Å². The quantitative estimate of drug-likeness (QED) is 0.783. The van der Waals surface area contributed by atoms with Crippen molar-refractivity contribution in [3.8, 4) is 0 Å². The van der Waals surface area contributed by atoms with Gasteiger partial charge in [-0.1, -0.05) is 0 Å². The van der Waals surface area contributed by atoms with Gasteiger partial charge in [-0.05, 0) is 22.6 Å². The van der Waals surface area contributed by atoms with E-state index in [9.17, 15) is 0 Å². The summed E-state index contributed by atoms with van der Waals surface area (Å²) in [6.45, 7) is 3.24. The van der Waals surface area contributed by atoms with Gasteiger partial charge in [0.15, 0.2) is 5.65 Å². The molecule has 1 N–H and O–H groups in total. The normalized spacial score (nSPS) is 16.9. The highest BCUT2D eigenvalue weighted by Gasteiger charge is 2.18. The van der Waals surface area contributed by atoms with E-state index in [1.807, 2.05) is 0 Å². The van der Waals surface area contributed by atoms with E-state index in [2.05, 4.69) is 47.7 Å². The van der Waals surface area contributed by atoms with Gasteiger partial charge in [0.1, 0.15) is 15.8 Å². The zero-order valence-corrected chi connectivity index (χ0v) is 10.6. The van der Waals surface area contributed by atoms with Gasteiger partial charge in [-0.25, -0.2) is 9.97 Å². The van der Waals surface area contributed by atoms with Crippen molar-refractivity contribution in [1.82, 2.24) is 20.2 Å². The summed E-state index contributed by atoms with van der Waals surface area (Å²) < 4.78 is 6.25. The first-order chi connectivity index (χ1) is 7.86. The fraction of sp³-hybridized carbons (Fsp3) is 0.444. The summed E-state index contributed by atoms with van der Waals surface area (Å²) in [6.07, 6.45) is 1.57. The number of aromatic amines is 1. The van der Waals surface area contributed by atoms with E-state index in [0.717, 1.165) is 46.9 Å². The predicted molar refractivity (Wildman–Crippen MR) is 67.4 cm³/mol. The van der Waals surface area contributed by atoms with E-state index in [1.165, 1.54) is 0 Å². The van der Waals surface area contributed by atoms with Gasteiger partial charge >= 0.3 is 0 Å². The monoisotopic (exact) mass is 331 g/mol. The average Bonchev–Trinajstić information content (AvgIpc) is 2.73. The topological polar surface area (TPSA) is 66.9 Å². The van der Waals surface area contributed by atoms with Crippen molar-refractivity contribution in [2.75, 3.05) is 31.2 Å². The summed E-state index contributed by atoms with van der Waals surface area (Å²) in [6, 6.07) is 0. The number of aromatic nitrogens is 4. The van der Waals surface area contributed by atoms with Gasteiger partial charge < -0.3 is 9.64 Å². The number of hydrogen-bond donors (Lipinski definition) is 1. The number of halogens is 1. The van der Waals surface area contributed by atoms with E-state index in [0.29, 0.717) is 0 Å². The number of rotatable bonds is 1. The molecule has 6 nitrogen and oxygen atoms in total. The number of hydrogen-bond acceptors (Lipinski definition) is 5. The van der Waals surface area contributed by atoms with Crippen LogP contribution in [0.2, 0.25) is 0 Å². The standard InChI is InChI=1S/C9H10IN5O/c10-7-6-8(14-13-7)11-5-12-9(6)15-1-3-16-4-2-15/h5H,1-4H2,(H,11,12,13,14). The molecule has 1 fully saturated rings. The Hall–Kier alpha value is -0.960. The van der Waals surface area contributed by atoms with Crippen LogP contribution in [0.3, 0.4) is 0 Å². The fourth-order valence-electron chi connectivity index (χ4n) is 1.82. The first kappa shape index (κ1) is 10.2. The van der Waals surface area contributed by atoms with E-state index in [-0.39, 0.29) is 0 Å². The fourth-order valence-corrected chi connectivity index (χ4v) is 2.44. The maximum Gasteiger partial charge on any atom is 0.161 e. The molecule has 2 aromatic heterocycles. The Morgan fingerprint density at radius 1 is 1.31 bits per heavy atom. The molecule has 0 spiro atoms. The van der Waals surface area contributed by atoms with Crippen LogP contribution in [0.15, 0.2) is 6.33 Å². The number of fused-ring (bicyclic) bond motifs is 1. The van der Waals surface area contributed by atoms with Crippen LogP contribution in [0.4, 0.5) is 5.82 Å². The Bertz CT molecular complexity index is 508. The lowest BCUT2D eigenvalue weighted by Crippen LogP contribution is -2.36. The molecule has 1 saturated heterocycles. The Morgan fingerprint density at radius 2 is 2.12 bits per heavy atom. The Kier molecular flexibility index (Phi) is 2.64. The number of H-pyrrole nitrogens is 1.